The van der Waals surface area contributed by atoms with Crippen molar-refractivity contribution in [1.29, 1.82) is 5.26 Å². The van der Waals surface area contributed by atoms with Crippen LogP contribution in [-0.2, 0) is 0 Å². The van der Waals surface area contributed by atoms with E-state index >= 15 is 0 Å². The number of fused-ring (bicyclic) bond motifs is 2. The van der Waals surface area contributed by atoms with Gasteiger partial charge in [0.2, 0.25) is 0 Å². The maximum Gasteiger partial charge on any atom is 0.183 e. The van der Waals surface area contributed by atoms with E-state index in [1.165, 1.54) is 0 Å². The molecule has 0 aliphatic carbocycles. The van der Waals surface area contributed by atoms with Gasteiger partial charge in [-0.15, -0.1) is 0 Å². The molecule has 0 saturated carbocycles. The molecule has 19 heavy (non-hydrogen) atoms. The number of rotatable bonds is 3. The van der Waals surface area contributed by atoms with E-state index in [0.717, 1.165) is 25.7 Å². The molecule has 0 amide bonds. The van der Waals surface area contributed by atoms with Gasteiger partial charge >= 0.3 is 0 Å². The smallest absolute Gasteiger partial charge is 0.183 e. The van der Waals surface area contributed by atoms with Crippen LogP contribution in [0.25, 0.3) is 0 Å². The Balaban J connectivity index is 2.02. The molecule has 1 N–H and O–H groups in total. The second kappa shape index (κ2) is 4.46. The van der Waals surface area contributed by atoms with E-state index in [9.17, 15) is 10.4 Å². The number of hydrogen-bond donors (Lipinski definition) is 1. The summed E-state index contributed by atoms with van der Waals surface area (Å²) in [6, 6.07) is 2.80. The molecule has 100 valence electrons. The Morgan fingerprint density at radius 1 is 1.47 bits per heavy atom. The monoisotopic (exact) mass is 258 g/mol. The van der Waals surface area contributed by atoms with Crippen LogP contribution in [0.2, 0.25) is 0 Å². The Bertz CT molecular complexity index is 520. The Hall–Kier alpha value is -1.67. The molecule has 2 aliphatic rings. The summed E-state index contributed by atoms with van der Waals surface area (Å²) in [6.07, 6.45) is 7.34. The summed E-state index contributed by atoms with van der Waals surface area (Å²) < 4.78 is 0. The first-order valence-electron chi connectivity index (χ1n) is 6.86. The summed E-state index contributed by atoms with van der Waals surface area (Å²) >= 11 is 0. The van der Waals surface area contributed by atoms with Crippen molar-refractivity contribution in [2.45, 2.75) is 44.7 Å². The van der Waals surface area contributed by atoms with Crippen molar-refractivity contribution in [3.8, 4) is 6.07 Å². The zero-order chi connectivity index (χ0) is 13.5. The van der Waals surface area contributed by atoms with E-state index in [1.54, 1.807) is 12.4 Å². The van der Waals surface area contributed by atoms with Gasteiger partial charge in [0.25, 0.3) is 0 Å². The van der Waals surface area contributed by atoms with Gasteiger partial charge in [0, 0.05) is 29.9 Å². The van der Waals surface area contributed by atoms with Crippen molar-refractivity contribution in [3.05, 3.63) is 18.1 Å². The minimum Gasteiger partial charge on any atom is -0.396 e. The number of anilines is 1. The van der Waals surface area contributed by atoms with Gasteiger partial charge in [-0.05, 0) is 25.7 Å². The second-order valence-electron chi connectivity index (χ2n) is 5.57. The van der Waals surface area contributed by atoms with E-state index < -0.39 is 0 Å². The lowest BCUT2D eigenvalue weighted by atomic mass is 9.72. The van der Waals surface area contributed by atoms with Gasteiger partial charge in [0.05, 0.1) is 6.61 Å². The molecule has 3 rings (SSSR count). The molecular weight excluding hydrogens is 240 g/mol. The number of aliphatic hydroxyl groups excluding tert-OH is 1. The van der Waals surface area contributed by atoms with Crippen LogP contribution < -0.4 is 4.90 Å². The molecular formula is C14H18N4O. The molecule has 0 unspecified atom stereocenters. The predicted molar refractivity (Wildman–Crippen MR) is 70.5 cm³/mol. The first-order chi connectivity index (χ1) is 9.25. The Morgan fingerprint density at radius 3 is 2.89 bits per heavy atom. The zero-order valence-electron chi connectivity index (χ0n) is 11.1. The topological polar surface area (TPSA) is 73.0 Å². The number of nitrogens with zero attached hydrogens (tertiary/aromatic N) is 4. The van der Waals surface area contributed by atoms with Crippen LogP contribution in [0.15, 0.2) is 12.4 Å². The maximum absolute atomic E-state index is 9.80. The van der Waals surface area contributed by atoms with Crippen molar-refractivity contribution in [3.63, 3.8) is 0 Å². The van der Waals surface area contributed by atoms with Gasteiger partial charge in [-0.3, -0.25) is 0 Å². The summed E-state index contributed by atoms with van der Waals surface area (Å²) in [5, 5.41) is 19.0. The molecule has 2 bridgehead atoms. The van der Waals surface area contributed by atoms with Gasteiger partial charge in [0.15, 0.2) is 11.5 Å². The van der Waals surface area contributed by atoms with Crippen molar-refractivity contribution in [2.75, 3.05) is 11.5 Å². The lowest BCUT2D eigenvalue weighted by Crippen LogP contribution is -2.40. The Kier molecular flexibility index (Phi) is 2.90. The van der Waals surface area contributed by atoms with Gasteiger partial charge in [0.1, 0.15) is 6.07 Å². The molecule has 0 radical (unpaired) electrons. The van der Waals surface area contributed by atoms with Crippen LogP contribution in [0.4, 0.5) is 5.82 Å². The average Bonchev–Trinajstić information content (AvgIpc) is 3.02. The lowest BCUT2D eigenvalue weighted by Gasteiger charge is -2.35. The van der Waals surface area contributed by atoms with Gasteiger partial charge < -0.3 is 10.0 Å². The number of aliphatic hydroxyl groups is 1. The van der Waals surface area contributed by atoms with Crippen LogP contribution in [0.1, 0.15) is 38.3 Å². The summed E-state index contributed by atoms with van der Waals surface area (Å²) in [5.41, 5.74) is 0.358. The first kappa shape index (κ1) is 12.4. The molecule has 0 spiro atoms. The fourth-order valence-electron chi connectivity index (χ4n) is 3.87. The summed E-state index contributed by atoms with van der Waals surface area (Å²) in [7, 11) is 0. The molecule has 2 aliphatic heterocycles. The van der Waals surface area contributed by atoms with Crippen molar-refractivity contribution < 1.29 is 5.11 Å². The third kappa shape index (κ3) is 1.63. The Labute approximate surface area is 112 Å². The van der Waals surface area contributed by atoms with Crippen molar-refractivity contribution in [2.24, 2.45) is 5.41 Å². The zero-order valence-corrected chi connectivity index (χ0v) is 11.1. The van der Waals surface area contributed by atoms with E-state index in [2.05, 4.69) is 27.9 Å². The molecule has 3 atom stereocenters. The molecule has 1 aromatic rings. The van der Waals surface area contributed by atoms with Gasteiger partial charge in [-0.1, -0.05) is 6.92 Å². The molecule has 0 aromatic carbocycles. The molecule has 5 nitrogen and oxygen atoms in total. The normalized spacial score (nSPS) is 32.6. The summed E-state index contributed by atoms with van der Waals surface area (Å²) in [4.78, 5) is 10.7. The van der Waals surface area contributed by atoms with Gasteiger partial charge in [-0.2, -0.15) is 5.26 Å². The van der Waals surface area contributed by atoms with Crippen LogP contribution in [0, 0.1) is 16.7 Å². The minimum absolute atomic E-state index is 0.0346. The quantitative estimate of drug-likeness (QED) is 0.889. The molecule has 3 heterocycles. The van der Waals surface area contributed by atoms with E-state index in [1.807, 2.05) is 0 Å². The third-order valence-corrected chi connectivity index (χ3v) is 4.90. The second-order valence-corrected chi connectivity index (χ2v) is 5.57. The lowest BCUT2D eigenvalue weighted by molar-refractivity contribution is 0.0944. The highest BCUT2D eigenvalue weighted by atomic mass is 16.3. The highest BCUT2D eigenvalue weighted by Gasteiger charge is 2.55. The van der Waals surface area contributed by atoms with E-state index in [0.29, 0.717) is 17.6 Å². The third-order valence-electron chi connectivity index (χ3n) is 4.90. The fourth-order valence-corrected chi connectivity index (χ4v) is 3.87. The van der Waals surface area contributed by atoms with E-state index in [4.69, 9.17) is 0 Å². The van der Waals surface area contributed by atoms with E-state index in [-0.39, 0.29) is 18.1 Å². The number of nitriles is 1. The standard InChI is InChI=1S/C14H18N4O/c1-2-14(9-19)7-10-3-4-12(14)18(10)13-11(8-15)16-5-6-17-13/h5-6,10,12,19H,2-4,7,9H2,1H3/t10-,12+,14-/m1/s1. The predicted octanol–water partition coefficient (Wildman–Crippen LogP) is 1.48. The first-order valence-corrected chi connectivity index (χ1v) is 6.86. The number of aromatic nitrogens is 2. The van der Waals surface area contributed by atoms with Crippen LogP contribution in [-0.4, -0.2) is 33.8 Å². The minimum atomic E-state index is -0.0346. The van der Waals surface area contributed by atoms with Crippen molar-refractivity contribution in [1.82, 2.24) is 9.97 Å². The van der Waals surface area contributed by atoms with Crippen LogP contribution in [0.5, 0.6) is 0 Å². The van der Waals surface area contributed by atoms with Crippen molar-refractivity contribution >= 4 is 5.82 Å². The summed E-state index contributed by atoms with van der Waals surface area (Å²) in [6.45, 7) is 2.35. The Morgan fingerprint density at radius 2 is 2.26 bits per heavy atom. The molecule has 2 fully saturated rings. The average molecular weight is 258 g/mol. The highest BCUT2D eigenvalue weighted by molar-refractivity contribution is 5.54. The maximum atomic E-state index is 9.80. The highest BCUT2D eigenvalue weighted by Crippen LogP contribution is 2.52. The van der Waals surface area contributed by atoms with Crippen LogP contribution in [0.3, 0.4) is 0 Å². The fraction of sp³-hybridized carbons (Fsp3) is 0.643. The van der Waals surface area contributed by atoms with Gasteiger partial charge in [-0.25, -0.2) is 9.97 Å². The van der Waals surface area contributed by atoms with Crippen LogP contribution >= 0.6 is 0 Å². The molecule has 5 heteroatoms. The summed E-state index contributed by atoms with van der Waals surface area (Å²) in [5.74, 6) is 0.696. The molecule has 2 saturated heterocycles. The molecule has 1 aromatic heterocycles. The SMILES string of the molecule is CC[C@]1(CO)C[C@H]2CC[C@@H]1N2c1nccnc1C#N. The largest absolute Gasteiger partial charge is 0.396 e. The number of hydrogen-bond acceptors (Lipinski definition) is 5.